The smallest absolute Gasteiger partial charge is 0.264 e. The maximum absolute atomic E-state index is 11.3. The van der Waals surface area contributed by atoms with Crippen molar-refractivity contribution in [3.8, 4) is 0 Å². The lowest BCUT2D eigenvalue weighted by molar-refractivity contribution is 0.0930. The molecular weight excluding hydrogens is 264 g/mol. The second-order valence-electron chi connectivity index (χ2n) is 4.14. The van der Waals surface area contributed by atoms with Crippen LogP contribution < -0.4 is 0 Å². The van der Waals surface area contributed by atoms with Crippen molar-refractivity contribution in [3.05, 3.63) is 11.9 Å². The Kier molecular flexibility index (Phi) is 4.97. The van der Waals surface area contributed by atoms with Crippen molar-refractivity contribution in [3.63, 3.8) is 0 Å². The van der Waals surface area contributed by atoms with E-state index in [4.69, 9.17) is 15.4 Å². The molecular formula is C10H17ClN2O3S. The molecule has 1 rings (SSSR count). The lowest BCUT2D eigenvalue weighted by Crippen LogP contribution is -2.05. The Balaban J connectivity index is 2.86. The summed E-state index contributed by atoms with van der Waals surface area (Å²) in [6.45, 7) is 7.21. The van der Waals surface area contributed by atoms with Crippen LogP contribution in [0.1, 0.15) is 26.5 Å². The quantitative estimate of drug-likeness (QED) is 0.748. The van der Waals surface area contributed by atoms with Gasteiger partial charge >= 0.3 is 0 Å². The molecule has 0 spiro atoms. The van der Waals surface area contributed by atoms with E-state index in [0.717, 1.165) is 0 Å². The summed E-state index contributed by atoms with van der Waals surface area (Å²) in [5.41, 5.74) is 0.363. The van der Waals surface area contributed by atoms with Crippen molar-refractivity contribution in [1.29, 1.82) is 0 Å². The van der Waals surface area contributed by atoms with E-state index in [1.54, 1.807) is 0 Å². The molecule has 0 aliphatic rings. The second kappa shape index (κ2) is 5.84. The van der Waals surface area contributed by atoms with Crippen molar-refractivity contribution in [2.75, 3.05) is 6.61 Å². The summed E-state index contributed by atoms with van der Waals surface area (Å²) in [7, 11) is 1.57. The van der Waals surface area contributed by atoms with Crippen molar-refractivity contribution in [2.24, 2.45) is 5.92 Å². The number of aromatic nitrogens is 2. The lowest BCUT2D eigenvalue weighted by Gasteiger charge is -2.05. The molecule has 1 heterocycles. The number of hydrogen-bond acceptors (Lipinski definition) is 4. The highest BCUT2D eigenvalue weighted by molar-refractivity contribution is 8.13. The van der Waals surface area contributed by atoms with Crippen molar-refractivity contribution in [2.45, 2.75) is 38.8 Å². The molecule has 1 aromatic rings. The van der Waals surface area contributed by atoms with Crippen molar-refractivity contribution in [1.82, 2.24) is 9.78 Å². The monoisotopic (exact) mass is 280 g/mol. The molecule has 0 saturated carbocycles. The van der Waals surface area contributed by atoms with E-state index in [-0.39, 0.29) is 11.5 Å². The van der Waals surface area contributed by atoms with Gasteiger partial charge in [-0.05, 0) is 12.8 Å². The third-order valence-electron chi connectivity index (χ3n) is 2.08. The molecule has 98 valence electrons. The fourth-order valence-corrected chi connectivity index (χ4v) is 2.32. The Morgan fingerprint density at radius 2 is 2.18 bits per heavy atom. The predicted molar refractivity (Wildman–Crippen MR) is 65.4 cm³/mol. The summed E-state index contributed by atoms with van der Waals surface area (Å²) in [5.74, 6) is 0.388. The van der Waals surface area contributed by atoms with Gasteiger partial charge in [-0.1, -0.05) is 13.8 Å². The second-order valence-corrected chi connectivity index (χ2v) is 6.68. The highest BCUT2D eigenvalue weighted by Crippen LogP contribution is 2.19. The number of nitrogens with zero attached hydrogens (tertiary/aromatic N) is 2. The van der Waals surface area contributed by atoms with Crippen LogP contribution in [0.4, 0.5) is 0 Å². The molecule has 0 atom stereocenters. The molecule has 0 bridgehead atoms. The van der Waals surface area contributed by atoms with Crippen LogP contribution in [-0.2, 0) is 26.9 Å². The number of rotatable bonds is 6. The van der Waals surface area contributed by atoms with Crippen LogP contribution in [0, 0.1) is 5.92 Å². The summed E-state index contributed by atoms with van der Waals surface area (Å²) < 4.78 is 29.6. The minimum atomic E-state index is -3.76. The maximum atomic E-state index is 11.3. The Morgan fingerprint density at radius 3 is 2.65 bits per heavy atom. The average Bonchev–Trinajstić information content (AvgIpc) is 2.60. The normalized spacial score (nSPS) is 12.3. The highest BCUT2D eigenvalue weighted by Gasteiger charge is 2.20. The first-order valence-corrected chi connectivity index (χ1v) is 7.74. The first kappa shape index (κ1) is 14.5. The van der Waals surface area contributed by atoms with Crippen LogP contribution in [0.2, 0.25) is 0 Å². The number of ether oxygens (including phenoxy) is 1. The number of hydrogen-bond donors (Lipinski definition) is 0. The van der Waals surface area contributed by atoms with Gasteiger partial charge in [-0.3, -0.25) is 4.68 Å². The maximum Gasteiger partial charge on any atom is 0.264 e. The van der Waals surface area contributed by atoms with E-state index >= 15 is 0 Å². The number of halogens is 1. The minimum absolute atomic E-state index is 0.0322. The van der Waals surface area contributed by atoms with Crippen LogP contribution in [0.25, 0.3) is 0 Å². The van der Waals surface area contributed by atoms with E-state index < -0.39 is 9.05 Å². The van der Waals surface area contributed by atoms with Crippen molar-refractivity contribution >= 4 is 19.7 Å². The van der Waals surface area contributed by atoms with E-state index in [0.29, 0.717) is 24.8 Å². The summed E-state index contributed by atoms with van der Waals surface area (Å²) in [6.07, 6.45) is 1.43. The Bertz CT molecular complexity index is 468. The largest absolute Gasteiger partial charge is 0.375 e. The van der Waals surface area contributed by atoms with Gasteiger partial charge in [-0.15, -0.1) is 0 Å². The summed E-state index contributed by atoms with van der Waals surface area (Å²) in [5, 5.41) is 4.12. The minimum Gasteiger partial charge on any atom is -0.375 e. The molecule has 0 saturated heterocycles. The Labute approximate surface area is 106 Å². The van der Waals surface area contributed by atoms with Gasteiger partial charge < -0.3 is 4.74 Å². The molecule has 17 heavy (non-hydrogen) atoms. The van der Waals surface area contributed by atoms with Gasteiger partial charge in [-0.25, -0.2) is 8.42 Å². The predicted octanol–water partition coefficient (Wildman–Crippen LogP) is 2.00. The molecule has 0 aliphatic heterocycles. The van der Waals surface area contributed by atoms with Crippen molar-refractivity contribution < 1.29 is 13.2 Å². The van der Waals surface area contributed by atoms with Gasteiger partial charge in [0, 0.05) is 30.0 Å². The molecule has 5 nitrogen and oxygen atoms in total. The van der Waals surface area contributed by atoms with Crippen LogP contribution in [0.5, 0.6) is 0 Å². The van der Waals surface area contributed by atoms with Gasteiger partial charge in [0.1, 0.15) is 10.6 Å². The van der Waals surface area contributed by atoms with Crippen LogP contribution in [-0.4, -0.2) is 24.8 Å². The molecule has 7 heteroatoms. The molecule has 0 aliphatic carbocycles. The summed E-state index contributed by atoms with van der Waals surface area (Å²) in [4.78, 5) is 0.0322. The zero-order valence-corrected chi connectivity index (χ0v) is 11.8. The third-order valence-corrected chi connectivity index (χ3v) is 3.44. The molecule has 0 fully saturated rings. The van der Waals surface area contributed by atoms with Gasteiger partial charge in [0.25, 0.3) is 9.05 Å². The average molecular weight is 281 g/mol. The van der Waals surface area contributed by atoms with Crippen LogP contribution >= 0.6 is 10.7 Å². The Hall–Kier alpha value is -0.590. The molecule has 0 radical (unpaired) electrons. The van der Waals surface area contributed by atoms with Gasteiger partial charge in [0.15, 0.2) is 0 Å². The zero-order valence-electron chi connectivity index (χ0n) is 10.2. The molecule has 0 N–H and O–H groups in total. The Morgan fingerprint density at radius 1 is 1.53 bits per heavy atom. The fraction of sp³-hybridized carbons (Fsp3) is 0.700. The summed E-state index contributed by atoms with van der Waals surface area (Å²) in [6, 6.07) is 0. The molecule has 0 aromatic carbocycles. The molecule has 0 unspecified atom stereocenters. The zero-order chi connectivity index (χ0) is 13.1. The SMILES string of the molecule is CCn1cc(S(=O)(=O)Cl)c(COCC(C)C)n1. The molecule has 0 amide bonds. The number of aryl methyl sites for hydroxylation is 1. The topological polar surface area (TPSA) is 61.2 Å². The van der Waals surface area contributed by atoms with E-state index in [2.05, 4.69) is 5.10 Å². The first-order valence-electron chi connectivity index (χ1n) is 5.43. The van der Waals surface area contributed by atoms with Gasteiger partial charge in [0.05, 0.1) is 6.61 Å². The summed E-state index contributed by atoms with van der Waals surface area (Å²) >= 11 is 0. The van der Waals surface area contributed by atoms with Crippen LogP contribution in [0.3, 0.4) is 0 Å². The molecule has 1 aromatic heterocycles. The lowest BCUT2D eigenvalue weighted by atomic mass is 10.2. The van der Waals surface area contributed by atoms with Gasteiger partial charge in [0.2, 0.25) is 0 Å². The van der Waals surface area contributed by atoms with Gasteiger partial charge in [-0.2, -0.15) is 5.10 Å². The fourth-order valence-electron chi connectivity index (χ4n) is 1.30. The third kappa shape index (κ3) is 4.29. The van der Waals surface area contributed by atoms with Crippen LogP contribution in [0.15, 0.2) is 11.1 Å². The van der Waals surface area contributed by atoms with E-state index in [9.17, 15) is 8.42 Å². The first-order chi connectivity index (χ1) is 7.84. The van der Waals surface area contributed by atoms with E-state index in [1.807, 2.05) is 20.8 Å². The van der Waals surface area contributed by atoms with E-state index in [1.165, 1.54) is 10.9 Å². The highest BCUT2D eigenvalue weighted by atomic mass is 35.7. The standard InChI is InChI=1S/C10H17ClN2O3S/c1-4-13-5-10(17(11,14)15)9(12-13)7-16-6-8(2)3/h5,8H,4,6-7H2,1-3H3.